The highest BCUT2D eigenvalue weighted by molar-refractivity contribution is 7.89. The lowest BCUT2D eigenvalue weighted by Crippen LogP contribution is -2.24. The van der Waals surface area contributed by atoms with Crippen LogP contribution in [0, 0.1) is 0 Å². The third kappa shape index (κ3) is 3.88. The zero-order chi connectivity index (χ0) is 16.1. The maximum Gasteiger partial charge on any atom is 0.240 e. The fraction of sp³-hybridized carbons (Fsp3) is 0.111. The number of rotatable bonds is 6. The molecule has 0 fully saturated rings. The summed E-state index contributed by atoms with van der Waals surface area (Å²) in [5, 5.41) is 0. The molecule has 0 spiro atoms. The number of aromatic nitrogens is 1. The first-order valence-electron chi connectivity index (χ1n) is 7.38. The van der Waals surface area contributed by atoms with Crippen molar-refractivity contribution >= 4 is 10.0 Å². The lowest BCUT2D eigenvalue weighted by Gasteiger charge is -2.11. The van der Waals surface area contributed by atoms with Gasteiger partial charge in [-0.15, -0.1) is 0 Å². The molecule has 1 aromatic heterocycles. The summed E-state index contributed by atoms with van der Waals surface area (Å²) in [4.78, 5) is 0.279. The van der Waals surface area contributed by atoms with Crippen LogP contribution in [-0.4, -0.2) is 13.0 Å². The van der Waals surface area contributed by atoms with Crippen LogP contribution >= 0.6 is 0 Å². The van der Waals surface area contributed by atoms with Crippen LogP contribution in [0.5, 0.6) is 0 Å². The van der Waals surface area contributed by atoms with Gasteiger partial charge < -0.3 is 4.57 Å². The van der Waals surface area contributed by atoms with E-state index in [1.807, 2.05) is 41.1 Å². The minimum Gasteiger partial charge on any atom is -0.346 e. The zero-order valence-corrected chi connectivity index (χ0v) is 13.4. The van der Waals surface area contributed by atoms with Crippen LogP contribution < -0.4 is 4.72 Å². The molecule has 0 amide bonds. The molecular weight excluding hydrogens is 308 g/mol. The Morgan fingerprint density at radius 1 is 0.826 bits per heavy atom. The highest BCUT2D eigenvalue weighted by Gasteiger charge is 2.13. The van der Waals surface area contributed by atoms with Crippen molar-refractivity contribution in [2.24, 2.45) is 0 Å². The van der Waals surface area contributed by atoms with Gasteiger partial charge in [-0.3, -0.25) is 0 Å². The van der Waals surface area contributed by atoms with Gasteiger partial charge in [0.25, 0.3) is 0 Å². The first kappa shape index (κ1) is 15.5. The van der Waals surface area contributed by atoms with Gasteiger partial charge in [-0.25, -0.2) is 13.1 Å². The average Bonchev–Trinajstić information content (AvgIpc) is 3.02. The van der Waals surface area contributed by atoms with Crippen LogP contribution in [0.25, 0.3) is 0 Å². The summed E-state index contributed by atoms with van der Waals surface area (Å²) in [6, 6.07) is 22.3. The molecule has 1 N–H and O–H groups in total. The predicted octanol–water partition coefficient (Wildman–Crippen LogP) is 3.01. The standard InChI is InChI=1S/C18H18N2O2S/c21-23(22,18-11-5-2-6-12-18)19-14-17-10-7-13-20(17)15-16-8-3-1-4-9-16/h1-13,19H,14-15H2. The summed E-state index contributed by atoms with van der Waals surface area (Å²) in [6.07, 6.45) is 1.96. The lowest BCUT2D eigenvalue weighted by atomic mass is 10.2. The van der Waals surface area contributed by atoms with Gasteiger partial charge in [-0.05, 0) is 29.8 Å². The first-order chi connectivity index (χ1) is 11.1. The topological polar surface area (TPSA) is 51.1 Å². The molecule has 0 saturated heterocycles. The van der Waals surface area contributed by atoms with Gasteiger partial charge in [0.1, 0.15) is 0 Å². The smallest absolute Gasteiger partial charge is 0.240 e. The second-order valence-electron chi connectivity index (χ2n) is 5.25. The highest BCUT2D eigenvalue weighted by Crippen LogP contribution is 2.11. The van der Waals surface area contributed by atoms with Crippen molar-refractivity contribution in [1.82, 2.24) is 9.29 Å². The molecule has 0 atom stereocenters. The van der Waals surface area contributed by atoms with Crippen molar-refractivity contribution in [3.05, 3.63) is 90.3 Å². The van der Waals surface area contributed by atoms with Gasteiger partial charge in [0.15, 0.2) is 0 Å². The van der Waals surface area contributed by atoms with E-state index in [0.29, 0.717) is 0 Å². The Morgan fingerprint density at radius 3 is 2.17 bits per heavy atom. The Hall–Kier alpha value is -2.37. The minimum absolute atomic E-state index is 0.261. The fourth-order valence-corrected chi connectivity index (χ4v) is 3.42. The molecule has 0 aliphatic rings. The van der Waals surface area contributed by atoms with E-state index in [-0.39, 0.29) is 11.4 Å². The maximum absolute atomic E-state index is 12.3. The SMILES string of the molecule is O=S(=O)(NCc1cccn1Cc1ccccc1)c1ccccc1. The van der Waals surface area contributed by atoms with E-state index in [4.69, 9.17) is 0 Å². The van der Waals surface area contributed by atoms with Gasteiger partial charge >= 0.3 is 0 Å². The normalized spacial score (nSPS) is 11.5. The summed E-state index contributed by atoms with van der Waals surface area (Å²) in [5.41, 5.74) is 2.10. The number of nitrogens with one attached hydrogen (secondary N) is 1. The van der Waals surface area contributed by atoms with Crippen LogP contribution in [0.2, 0.25) is 0 Å². The summed E-state index contributed by atoms with van der Waals surface area (Å²) >= 11 is 0. The van der Waals surface area contributed by atoms with Gasteiger partial charge in [0.05, 0.1) is 11.4 Å². The number of hydrogen-bond donors (Lipinski definition) is 1. The van der Waals surface area contributed by atoms with Crippen LogP contribution in [0.1, 0.15) is 11.3 Å². The molecule has 5 heteroatoms. The number of benzene rings is 2. The van der Waals surface area contributed by atoms with Crippen molar-refractivity contribution in [3.8, 4) is 0 Å². The Morgan fingerprint density at radius 2 is 1.48 bits per heavy atom. The molecule has 0 saturated carbocycles. The molecule has 23 heavy (non-hydrogen) atoms. The third-order valence-corrected chi connectivity index (χ3v) is 5.03. The highest BCUT2D eigenvalue weighted by atomic mass is 32.2. The summed E-state index contributed by atoms with van der Waals surface area (Å²) in [5.74, 6) is 0. The fourth-order valence-electron chi connectivity index (χ4n) is 2.40. The van der Waals surface area contributed by atoms with Crippen LogP contribution in [0.4, 0.5) is 0 Å². The first-order valence-corrected chi connectivity index (χ1v) is 8.86. The third-order valence-electron chi connectivity index (χ3n) is 3.62. The second kappa shape index (κ2) is 6.81. The zero-order valence-electron chi connectivity index (χ0n) is 12.6. The van der Waals surface area contributed by atoms with E-state index in [1.54, 1.807) is 30.3 Å². The van der Waals surface area contributed by atoms with E-state index >= 15 is 0 Å². The van der Waals surface area contributed by atoms with E-state index in [1.165, 1.54) is 5.56 Å². The average molecular weight is 326 g/mol. The molecule has 3 aromatic rings. The molecule has 0 unspecified atom stereocenters. The van der Waals surface area contributed by atoms with Gasteiger partial charge in [-0.2, -0.15) is 0 Å². The molecule has 3 rings (SSSR count). The number of sulfonamides is 1. The monoisotopic (exact) mass is 326 g/mol. The predicted molar refractivity (Wildman–Crippen MR) is 90.4 cm³/mol. The Labute approximate surface area is 136 Å². The summed E-state index contributed by atoms with van der Waals surface area (Å²) in [6.45, 7) is 0.979. The van der Waals surface area contributed by atoms with E-state index in [0.717, 1.165) is 12.2 Å². The molecule has 0 bridgehead atoms. The van der Waals surface area contributed by atoms with Crippen LogP contribution in [0.3, 0.4) is 0 Å². The second-order valence-corrected chi connectivity index (χ2v) is 7.02. The maximum atomic E-state index is 12.3. The Bertz CT molecular complexity index is 856. The molecular formula is C18H18N2O2S. The minimum atomic E-state index is -3.49. The Balaban J connectivity index is 1.71. The molecule has 118 valence electrons. The van der Waals surface area contributed by atoms with Crippen molar-refractivity contribution in [1.29, 1.82) is 0 Å². The summed E-state index contributed by atoms with van der Waals surface area (Å²) < 4.78 is 29.3. The van der Waals surface area contributed by atoms with E-state index in [2.05, 4.69) is 16.9 Å². The molecule has 2 aromatic carbocycles. The van der Waals surface area contributed by atoms with Crippen molar-refractivity contribution in [3.63, 3.8) is 0 Å². The number of hydrogen-bond acceptors (Lipinski definition) is 2. The van der Waals surface area contributed by atoms with Crippen LogP contribution in [-0.2, 0) is 23.1 Å². The van der Waals surface area contributed by atoms with Crippen molar-refractivity contribution in [2.75, 3.05) is 0 Å². The van der Waals surface area contributed by atoms with E-state index < -0.39 is 10.0 Å². The molecule has 0 aliphatic heterocycles. The van der Waals surface area contributed by atoms with Gasteiger partial charge in [0.2, 0.25) is 10.0 Å². The Kier molecular flexibility index (Phi) is 4.60. The molecule has 1 heterocycles. The quantitative estimate of drug-likeness (QED) is 0.757. The molecule has 0 radical (unpaired) electrons. The summed E-state index contributed by atoms with van der Waals surface area (Å²) in [7, 11) is -3.49. The van der Waals surface area contributed by atoms with E-state index in [9.17, 15) is 8.42 Å². The van der Waals surface area contributed by atoms with Gasteiger partial charge in [0, 0.05) is 18.4 Å². The van der Waals surface area contributed by atoms with Crippen molar-refractivity contribution in [2.45, 2.75) is 18.0 Å². The van der Waals surface area contributed by atoms with Gasteiger partial charge in [-0.1, -0.05) is 48.5 Å². The molecule has 0 aliphatic carbocycles. The number of nitrogens with zero attached hydrogens (tertiary/aromatic N) is 1. The largest absolute Gasteiger partial charge is 0.346 e. The molecule has 4 nitrogen and oxygen atoms in total. The van der Waals surface area contributed by atoms with Crippen molar-refractivity contribution < 1.29 is 8.42 Å². The lowest BCUT2D eigenvalue weighted by molar-refractivity contribution is 0.578. The van der Waals surface area contributed by atoms with Crippen LogP contribution in [0.15, 0.2) is 83.9 Å².